The fourth-order valence-electron chi connectivity index (χ4n) is 2.74. The van der Waals surface area contributed by atoms with Crippen molar-refractivity contribution in [2.24, 2.45) is 5.92 Å². The van der Waals surface area contributed by atoms with Gasteiger partial charge in [-0.25, -0.2) is 0 Å². The maximum absolute atomic E-state index is 12.7. The van der Waals surface area contributed by atoms with Gasteiger partial charge in [-0.05, 0) is 48.1 Å². The number of aryl methyl sites for hydroxylation is 1. The van der Waals surface area contributed by atoms with Gasteiger partial charge in [-0.2, -0.15) is 0 Å². The number of hydrogen-bond donors (Lipinski definition) is 2. The fraction of sp³-hybridized carbons (Fsp3) is 0.391. The molecule has 1 atom stereocenters. The van der Waals surface area contributed by atoms with Crippen molar-refractivity contribution in [3.8, 4) is 0 Å². The second-order valence-corrected chi connectivity index (χ2v) is 8.38. The van der Waals surface area contributed by atoms with Gasteiger partial charge in [-0.1, -0.05) is 64.4 Å². The van der Waals surface area contributed by atoms with E-state index in [0.717, 1.165) is 16.8 Å². The van der Waals surface area contributed by atoms with Crippen LogP contribution in [0.1, 0.15) is 56.1 Å². The predicted octanol–water partition coefficient (Wildman–Crippen LogP) is 4.69. The zero-order chi connectivity index (χ0) is 20.2. The molecule has 0 bridgehead atoms. The molecule has 2 rings (SSSR count). The van der Waals surface area contributed by atoms with Crippen LogP contribution in [0, 0.1) is 12.8 Å². The molecule has 0 aliphatic rings. The van der Waals surface area contributed by atoms with E-state index in [1.807, 2.05) is 69.3 Å². The summed E-state index contributed by atoms with van der Waals surface area (Å²) in [5.74, 6) is -0.491. The lowest BCUT2D eigenvalue weighted by Crippen LogP contribution is -2.47. The quantitative estimate of drug-likeness (QED) is 0.807. The molecule has 0 saturated carbocycles. The van der Waals surface area contributed by atoms with Crippen LogP contribution in [0.15, 0.2) is 48.5 Å². The minimum absolute atomic E-state index is 0.0311. The van der Waals surface area contributed by atoms with Gasteiger partial charge in [0.25, 0.3) is 5.91 Å². The van der Waals surface area contributed by atoms with E-state index in [-0.39, 0.29) is 23.1 Å². The average Bonchev–Trinajstić information content (AvgIpc) is 2.60. The fourth-order valence-corrected chi connectivity index (χ4v) is 2.74. The first-order chi connectivity index (χ1) is 12.6. The topological polar surface area (TPSA) is 58.2 Å². The van der Waals surface area contributed by atoms with Gasteiger partial charge in [0.05, 0.1) is 0 Å². The van der Waals surface area contributed by atoms with Gasteiger partial charge in [0, 0.05) is 11.3 Å². The van der Waals surface area contributed by atoms with Gasteiger partial charge in [0.2, 0.25) is 5.91 Å². The van der Waals surface area contributed by atoms with E-state index in [1.54, 1.807) is 0 Å². The largest absolute Gasteiger partial charge is 0.340 e. The van der Waals surface area contributed by atoms with E-state index in [9.17, 15) is 9.59 Å². The van der Waals surface area contributed by atoms with Gasteiger partial charge >= 0.3 is 0 Å². The van der Waals surface area contributed by atoms with E-state index >= 15 is 0 Å². The van der Waals surface area contributed by atoms with Gasteiger partial charge in [0.15, 0.2) is 0 Å². The molecule has 2 aromatic rings. The summed E-state index contributed by atoms with van der Waals surface area (Å²) in [4.78, 5) is 25.3. The lowest BCUT2D eigenvalue weighted by molar-refractivity contribution is -0.118. The van der Waals surface area contributed by atoms with Gasteiger partial charge < -0.3 is 10.6 Å². The Hall–Kier alpha value is -2.62. The van der Waals surface area contributed by atoms with Crippen molar-refractivity contribution in [3.63, 3.8) is 0 Å². The minimum Gasteiger partial charge on any atom is -0.340 e. The van der Waals surface area contributed by atoms with Gasteiger partial charge in [-0.3, -0.25) is 9.59 Å². The molecule has 0 heterocycles. The zero-order valence-electron chi connectivity index (χ0n) is 17.1. The molecule has 144 valence electrons. The lowest BCUT2D eigenvalue weighted by atomic mass is 9.86. The number of benzene rings is 2. The molecule has 0 aliphatic carbocycles. The van der Waals surface area contributed by atoms with Crippen molar-refractivity contribution in [1.82, 2.24) is 5.32 Å². The summed E-state index contributed by atoms with van der Waals surface area (Å²) >= 11 is 0. The third-order valence-electron chi connectivity index (χ3n) is 4.57. The first-order valence-corrected chi connectivity index (χ1v) is 9.37. The number of carbonyl (C=O) groups is 2. The summed E-state index contributed by atoms with van der Waals surface area (Å²) < 4.78 is 0. The summed E-state index contributed by atoms with van der Waals surface area (Å²) in [5.41, 5.74) is 3.59. The zero-order valence-corrected chi connectivity index (χ0v) is 17.1. The van der Waals surface area contributed by atoms with Crippen LogP contribution in [-0.4, -0.2) is 17.9 Å². The van der Waals surface area contributed by atoms with Crippen LogP contribution in [-0.2, 0) is 10.2 Å². The molecule has 2 amide bonds. The molecular formula is C23H30N2O2. The van der Waals surface area contributed by atoms with Crippen molar-refractivity contribution in [2.75, 3.05) is 5.32 Å². The molecule has 0 unspecified atom stereocenters. The van der Waals surface area contributed by atoms with Crippen LogP contribution in [0.3, 0.4) is 0 Å². The maximum Gasteiger partial charge on any atom is 0.251 e. The van der Waals surface area contributed by atoms with Crippen molar-refractivity contribution in [2.45, 2.75) is 53.0 Å². The molecule has 4 heteroatoms. The van der Waals surface area contributed by atoms with Crippen LogP contribution in [0.25, 0.3) is 0 Å². The first kappa shape index (κ1) is 20.7. The highest BCUT2D eigenvalue weighted by Crippen LogP contribution is 2.22. The monoisotopic (exact) mass is 366 g/mol. The van der Waals surface area contributed by atoms with Crippen LogP contribution >= 0.6 is 0 Å². The van der Waals surface area contributed by atoms with E-state index in [4.69, 9.17) is 0 Å². The highest BCUT2D eigenvalue weighted by molar-refractivity contribution is 6.01. The molecule has 0 fully saturated rings. The summed E-state index contributed by atoms with van der Waals surface area (Å²) in [6, 6.07) is 14.5. The second-order valence-electron chi connectivity index (χ2n) is 8.38. The Morgan fingerprint density at radius 2 is 1.44 bits per heavy atom. The molecule has 2 N–H and O–H groups in total. The van der Waals surface area contributed by atoms with Crippen molar-refractivity contribution >= 4 is 17.5 Å². The molecular weight excluding hydrogens is 336 g/mol. The number of anilines is 1. The summed E-state index contributed by atoms with van der Waals surface area (Å²) in [7, 11) is 0. The lowest BCUT2D eigenvalue weighted by Gasteiger charge is -2.22. The molecule has 0 aliphatic heterocycles. The van der Waals surface area contributed by atoms with Crippen LogP contribution < -0.4 is 10.6 Å². The third kappa shape index (κ3) is 5.68. The Kier molecular flexibility index (Phi) is 6.42. The number of hydrogen-bond acceptors (Lipinski definition) is 2. The molecule has 0 radical (unpaired) electrons. The molecule has 4 nitrogen and oxygen atoms in total. The highest BCUT2D eigenvalue weighted by atomic mass is 16.2. The third-order valence-corrected chi connectivity index (χ3v) is 4.57. The van der Waals surface area contributed by atoms with Crippen LogP contribution in [0.4, 0.5) is 5.69 Å². The van der Waals surface area contributed by atoms with E-state index in [0.29, 0.717) is 5.56 Å². The normalized spacial score (nSPS) is 12.6. The van der Waals surface area contributed by atoms with Crippen molar-refractivity contribution in [3.05, 3.63) is 65.2 Å². The minimum atomic E-state index is -0.610. The molecule has 0 saturated heterocycles. The summed E-state index contributed by atoms with van der Waals surface area (Å²) in [5, 5.41) is 5.75. The Balaban J connectivity index is 2.09. The Morgan fingerprint density at radius 3 is 1.93 bits per heavy atom. The Labute approximate surface area is 162 Å². The Bertz CT molecular complexity index is 785. The maximum atomic E-state index is 12.7. The average molecular weight is 367 g/mol. The number of nitrogens with one attached hydrogen (secondary N) is 2. The highest BCUT2D eigenvalue weighted by Gasteiger charge is 2.25. The van der Waals surface area contributed by atoms with Crippen molar-refractivity contribution < 1.29 is 9.59 Å². The summed E-state index contributed by atoms with van der Waals surface area (Å²) in [6.45, 7) is 12.2. The van der Waals surface area contributed by atoms with Crippen molar-refractivity contribution in [1.29, 1.82) is 0 Å². The molecule has 27 heavy (non-hydrogen) atoms. The Morgan fingerprint density at radius 1 is 0.889 bits per heavy atom. The standard InChI is InChI=1S/C23H30N2O2/c1-15(2)20(22(27)24-19-13-7-16(3)8-14-19)25-21(26)17-9-11-18(12-10-17)23(4,5)6/h7-15,20H,1-6H3,(H,24,27)(H,25,26)/t20-/m0/s1. The SMILES string of the molecule is Cc1ccc(NC(=O)[C@@H](NC(=O)c2ccc(C(C)(C)C)cc2)C(C)C)cc1. The van der Waals surface area contributed by atoms with Crippen LogP contribution in [0.2, 0.25) is 0 Å². The second kappa shape index (κ2) is 8.38. The van der Waals surface area contributed by atoms with E-state index in [2.05, 4.69) is 31.4 Å². The van der Waals surface area contributed by atoms with Gasteiger partial charge in [-0.15, -0.1) is 0 Å². The summed E-state index contributed by atoms with van der Waals surface area (Å²) in [6.07, 6.45) is 0. The van der Waals surface area contributed by atoms with E-state index in [1.165, 1.54) is 0 Å². The molecule has 0 aromatic heterocycles. The number of carbonyl (C=O) groups excluding carboxylic acids is 2. The predicted molar refractivity (Wildman–Crippen MR) is 111 cm³/mol. The first-order valence-electron chi connectivity index (χ1n) is 9.37. The number of amides is 2. The van der Waals surface area contributed by atoms with Crippen LogP contribution in [0.5, 0.6) is 0 Å². The van der Waals surface area contributed by atoms with Gasteiger partial charge in [0.1, 0.15) is 6.04 Å². The molecule has 2 aromatic carbocycles. The van der Waals surface area contributed by atoms with E-state index < -0.39 is 6.04 Å². The molecule has 0 spiro atoms. The smallest absolute Gasteiger partial charge is 0.251 e. The number of rotatable bonds is 5.